The summed E-state index contributed by atoms with van der Waals surface area (Å²) >= 11 is 0. The Bertz CT molecular complexity index is 778. The van der Waals surface area contributed by atoms with Crippen molar-refractivity contribution in [3.05, 3.63) is 83.4 Å². The molecule has 0 aliphatic heterocycles. The molecule has 21 heavy (non-hydrogen) atoms. The van der Waals surface area contributed by atoms with E-state index in [1.165, 1.54) is 12.1 Å². The van der Waals surface area contributed by atoms with Crippen molar-refractivity contribution >= 4 is 10.8 Å². The number of rotatable bonds is 3. The number of benzene rings is 3. The summed E-state index contributed by atoms with van der Waals surface area (Å²) in [5.41, 5.74) is 7.50. The summed E-state index contributed by atoms with van der Waals surface area (Å²) in [4.78, 5) is 0. The third-order valence-corrected chi connectivity index (χ3v) is 3.68. The summed E-state index contributed by atoms with van der Waals surface area (Å²) in [6, 6.07) is 17.0. The Labute approximate surface area is 122 Å². The molecule has 3 aromatic carbocycles. The lowest BCUT2D eigenvalue weighted by atomic mass is 9.95. The van der Waals surface area contributed by atoms with Gasteiger partial charge in [-0.2, -0.15) is 0 Å². The molecule has 1 atom stereocenters. The van der Waals surface area contributed by atoms with Crippen LogP contribution >= 0.6 is 0 Å². The first-order chi connectivity index (χ1) is 10.1. The monoisotopic (exact) mass is 283 g/mol. The van der Waals surface area contributed by atoms with Crippen LogP contribution in [0.1, 0.15) is 17.2 Å². The van der Waals surface area contributed by atoms with Crippen molar-refractivity contribution in [3.63, 3.8) is 0 Å². The molecule has 0 amide bonds. The van der Waals surface area contributed by atoms with E-state index >= 15 is 0 Å². The molecule has 0 radical (unpaired) electrons. The van der Waals surface area contributed by atoms with Gasteiger partial charge in [0.2, 0.25) is 0 Å². The van der Waals surface area contributed by atoms with Gasteiger partial charge in [-0.1, -0.05) is 48.5 Å². The number of halogens is 2. The number of fused-ring (bicyclic) bond motifs is 1. The van der Waals surface area contributed by atoms with Crippen LogP contribution in [-0.4, -0.2) is 0 Å². The van der Waals surface area contributed by atoms with Crippen LogP contribution in [0.25, 0.3) is 10.8 Å². The fourth-order valence-corrected chi connectivity index (χ4v) is 2.62. The van der Waals surface area contributed by atoms with Crippen molar-refractivity contribution in [2.45, 2.75) is 12.5 Å². The molecule has 106 valence electrons. The van der Waals surface area contributed by atoms with Crippen molar-refractivity contribution in [2.24, 2.45) is 5.73 Å². The maximum atomic E-state index is 13.8. The Kier molecular flexibility index (Phi) is 3.67. The summed E-state index contributed by atoms with van der Waals surface area (Å²) in [5, 5.41) is 2.24. The molecule has 0 saturated heterocycles. The highest BCUT2D eigenvalue weighted by Gasteiger charge is 2.14. The van der Waals surface area contributed by atoms with Gasteiger partial charge in [-0.3, -0.25) is 0 Å². The highest BCUT2D eigenvalue weighted by atomic mass is 19.1. The van der Waals surface area contributed by atoms with E-state index in [2.05, 4.69) is 0 Å². The van der Waals surface area contributed by atoms with Gasteiger partial charge in [-0.05, 0) is 28.8 Å². The molecule has 0 fully saturated rings. The van der Waals surface area contributed by atoms with Crippen LogP contribution < -0.4 is 5.73 Å². The van der Waals surface area contributed by atoms with E-state index in [1.807, 2.05) is 42.5 Å². The average molecular weight is 283 g/mol. The van der Waals surface area contributed by atoms with E-state index in [4.69, 9.17) is 5.73 Å². The molecule has 3 rings (SSSR count). The van der Waals surface area contributed by atoms with Crippen molar-refractivity contribution in [3.8, 4) is 0 Å². The summed E-state index contributed by atoms with van der Waals surface area (Å²) in [6.07, 6.45) is 0.504. The highest BCUT2D eigenvalue weighted by molar-refractivity contribution is 5.85. The first-order valence-electron chi connectivity index (χ1n) is 6.82. The first kappa shape index (κ1) is 13.7. The fourth-order valence-electron chi connectivity index (χ4n) is 2.62. The van der Waals surface area contributed by atoms with E-state index in [-0.39, 0.29) is 0 Å². The molecule has 1 nitrogen and oxygen atoms in total. The van der Waals surface area contributed by atoms with Gasteiger partial charge < -0.3 is 5.73 Å². The molecule has 3 aromatic rings. The van der Waals surface area contributed by atoms with Crippen molar-refractivity contribution in [1.82, 2.24) is 0 Å². The van der Waals surface area contributed by atoms with Gasteiger partial charge in [0.1, 0.15) is 11.6 Å². The lowest BCUT2D eigenvalue weighted by Crippen LogP contribution is -2.15. The molecule has 1 unspecified atom stereocenters. The number of hydrogen-bond acceptors (Lipinski definition) is 1. The average Bonchev–Trinajstić information content (AvgIpc) is 2.47. The molecule has 2 N–H and O–H groups in total. The zero-order valence-electron chi connectivity index (χ0n) is 11.4. The van der Waals surface area contributed by atoms with Gasteiger partial charge in [0.05, 0.1) is 0 Å². The Balaban J connectivity index is 1.94. The third-order valence-electron chi connectivity index (χ3n) is 3.68. The van der Waals surface area contributed by atoms with Crippen LogP contribution in [0.5, 0.6) is 0 Å². The van der Waals surface area contributed by atoms with E-state index in [0.29, 0.717) is 12.0 Å². The lowest BCUT2D eigenvalue weighted by Gasteiger charge is -2.15. The van der Waals surface area contributed by atoms with E-state index in [1.54, 1.807) is 0 Å². The van der Waals surface area contributed by atoms with Gasteiger partial charge in [0.15, 0.2) is 0 Å². The molecule has 0 aliphatic carbocycles. The maximum Gasteiger partial charge on any atom is 0.130 e. The summed E-state index contributed by atoms with van der Waals surface area (Å²) in [6.45, 7) is 0. The second-order valence-corrected chi connectivity index (χ2v) is 5.11. The molecule has 0 aliphatic rings. The molecular weight excluding hydrogens is 268 g/mol. The quantitative estimate of drug-likeness (QED) is 0.759. The van der Waals surface area contributed by atoms with Gasteiger partial charge >= 0.3 is 0 Å². The second kappa shape index (κ2) is 5.62. The van der Waals surface area contributed by atoms with E-state index in [0.717, 1.165) is 22.4 Å². The van der Waals surface area contributed by atoms with Gasteiger partial charge in [-0.25, -0.2) is 8.78 Å². The summed E-state index contributed by atoms with van der Waals surface area (Å²) < 4.78 is 26.8. The van der Waals surface area contributed by atoms with Crippen molar-refractivity contribution < 1.29 is 8.78 Å². The predicted octanol–water partition coefficient (Wildman–Crippen LogP) is 4.36. The van der Waals surface area contributed by atoms with Crippen LogP contribution in [0.4, 0.5) is 8.78 Å². The normalized spacial score (nSPS) is 12.5. The Morgan fingerprint density at radius 3 is 2.48 bits per heavy atom. The van der Waals surface area contributed by atoms with Gasteiger partial charge in [0, 0.05) is 17.7 Å². The molecule has 0 spiro atoms. The summed E-state index contributed by atoms with van der Waals surface area (Å²) in [7, 11) is 0. The van der Waals surface area contributed by atoms with Crippen LogP contribution in [0.3, 0.4) is 0 Å². The number of nitrogens with two attached hydrogens (primary N) is 1. The van der Waals surface area contributed by atoms with E-state index < -0.39 is 17.7 Å². The summed E-state index contributed by atoms with van der Waals surface area (Å²) in [5.74, 6) is -1.18. The second-order valence-electron chi connectivity index (χ2n) is 5.11. The zero-order valence-corrected chi connectivity index (χ0v) is 11.4. The Morgan fingerprint density at radius 2 is 1.67 bits per heavy atom. The van der Waals surface area contributed by atoms with Crippen LogP contribution in [0, 0.1) is 11.6 Å². The third kappa shape index (κ3) is 2.78. The zero-order chi connectivity index (χ0) is 14.8. The minimum absolute atomic E-state index is 0.337. The standard InChI is InChI=1S/C18H15F2N/c19-14-8-9-16(17(20)11-14)18(21)10-13-6-3-5-12-4-1-2-7-15(12)13/h1-9,11,18H,10,21H2. The topological polar surface area (TPSA) is 26.0 Å². The minimum Gasteiger partial charge on any atom is -0.324 e. The highest BCUT2D eigenvalue weighted by Crippen LogP contribution is 2.25. The first-order valence-corrected chi connectivity index (χ1v) is 6.82. The van der Waals surface area contributed by atoms with E-state index in [9.17, 15) is 8.78 Å². The predicted molar refractivity (Wildman–Crippen MR) is 80.9 cm³/mol. The number of hydrogen-bond donors (Lipinski definition) is 1. The minimum atomic E-state index is -0.595. The SMILES string of the molecule is NC(Cc1cccc2ccccc12)c1ccc(F)cc1F. The molecule has 0 bridgehead atoms. The molecular formula is C18H15F2N. The van der Waals surface area contributed by atoms with Crippen LogP contribution in [-0.2, 0) is 6.42 Å². The van der Waals surface area contributed by atoms with Crippen molar-refractivity contribution in [2.75, 3.05) is 0 Å². The molecule has 0 aromatic heterocycles. The van der Waals surface area contributed by atoms with Crippen LogP contribution in [0.15, 0.2) is 60.7 Å². The molecule has 0 heterocycles. The largest absolute Gasteiger partial charge is 0.324 e. The lowest BCUT2D eigenvalue weighted by molar-refractivity contribution is 0.554. The Hall–Kier alpha value is -2.26. The molecule has 0 saturated carbocycles. The van der Waals surface area contributed by atoms with Crippen LogP contribution in [0.2, 0.25) is 0 Å². The fraction of sp³-hybridized carbons (Fsp3) is 0.111. The van der Waals surface area contributed by atoms with Gasteiger partial charge in [-0.15, -0.1) is 0 Å². The molecule has 3 heteroatoms. The van der Waals surface area contributed by atoms with Gasteiger partial charge in [0.25, 0.3) is 0 Å². The maximum absolute atomic E-state index is 13.8. The smallest absolute Gasteiger partial charge is 0.130 e. The Morgan fingerprint density at radius 1 is 0.905 bits per heavy atom. The van der Waals surface area contributed by atoms with Crippen molar-refractivity contribution in [1.29, 1.82) is 0 Å².